The number of aromatic nitrogens is 5. The second-order valence-corrected chi connectivity index (χ2v) is 7.06. The van der Waals surface area contributed by atoms with E-state index in [9.17, 15) is 8.42 Å². The second kappa shape index (κ2) is 6.25. The molecule has 3 aromatic rings. The first-order chi connectivity index (χ1) is 11.4. The topological polar surface area (TPSA) is 94.7 Å². The Morgan fingerprint density at radius 1 is 1.21 bits per heavy atom. The van der Waals surface area contributed by atoms with Crippen LogP contribution in [0.15, 0.2) is 41.8 Å². The van der Waals surface area contributed by atoms with E-state index in [4.69, 9.17) is 11.6 Å². The van der Waals surface area contributed by atoms with Crippen LogP contribution in [0.1, 0.15) is 12.6 Å². The van der Waals surface area contributed by atoms with Gasteiger partial charge in [0.15, 0.2) is 5.82 Å². The molecule has 0 amide bonds. The summed E-state index contributed by atoms with van der Waals surface area (Å²) in [6, 6.07) is 6.26. The fourth-order valence-electron chi connectivity index (χ4n) is 2.30. The summed E-state index contributed by atoms with van der Waals surface area (Å²) in [5, 5.41) is 12.0. The Morgan fingerprint density at radius 2 is 1.88 bits per heavy atom. The molecular formula is C14H15ClN6O2S. The molecule has 0 aliphatic heterocycles. The van der Waals surface area contributed by atoms with Crippen LogP contribution in [0.25, 0.3) is 5.82 Å². The maximum Gasteiger partial charge on any atom is 0.263 e. The minimum absolute atomic E-state index is 0.00465. The SMILES string of the molecule is CCn1nc(-n2cnnc2)c(NS(=O)(=O)c2ccccc2Cl)c1C. The number of hydrogen-bond acceptors (Lipinski definition) is 5. The molecule has 3 rings (SSSR count). The van der Waals surface area contributed by atoms with Gasteiger partial charge in [0.05, 0.1) is 10.7 Å². The van der Waals surface area contributed by atoms with Crippen LogP contribution in [-0.4, -0.2) is 33.0 Å². The lowest BCUT2D eigenvalue weighted by Crippen LogP contribution is -2.15. The van der Waals surface area contributed by atoms with Crippen LogP contribution < -0.4 is 4.72 Å². The molecule has 2 heterocycles. The van der Waals surface area contributed by atoms with E-state index < -0.39 is 10.0 Å². The van der Waals surface area contributed by atoms with Crippen molar-refractivity contribution < 1.29 is 8.42 Å². The number of anilines is 1. The Kier molecular flexibility index (Phi) is 4.29. The van der Waals surface area contributed by atoms with Crippen molar-refractivity contribution in [2.45, 2.75) is 25.3 Å². The van der Waals surface area contributed by atoms with E-state index in [1.807, 2.05) is 6.92 Å². The zero-order valence-electron chi connectivity index (χ0n) is 13.0. The van der Waals surface area contributed by atoms with Crippen molar-refractivity contribution in [3.63, 3.8) is 0 Å². The van der Waals surface area contributed by atoms with Gasteiger partial charge in [0.2, 0.25) is 0 Å². The van der Waals surface area contributed by atoms with Gasteiger partial charge in [-0.05, 0) is 26.0 Å². The van der Waals surface area contributed by atoms with E-state index >= 15 is 0 Å². The molecule has 0 atom stereocenters. The van der Waals surface area contributed by atoms with E-state index in [0.717, 1.165) is 0 Å². The normalized spacial score (nSPS) is 11.6. The van der Waals surface area contributed by atoms with Crippen molar-refractivity contribution >= 4 is 27.3 Å². The Labute approximate surface area is 144 Å². The maximum absolute atomic E-state index is 12.7. The molecule has 0 aliphatic rings. The first kappa shape index (κ1) is 16.5. The smallest absolute Gasteiger partial charge is 0.263 e. The molecule has 2 aromatic heterocycles. The molecule has 0 fully saturated rings. The van der Waals surface area contributed by atoms with Crippen molar-refractivity contribution in [1.29, 1.82) is 0 Å². The number of sulfonamides is 1. The number of nitrogens with one attached hydrogen (secondary N) is 1. The van der Waals surface area contributed by atoms with Gasteiger partial charge in [-0.25, -0.2) is 8.42 Å². The molecular weight excluding hydrogens is 352 g/mol. The minimum Gasteiger partial charge on any atom is -0.274 e. The average molecular weight is 367 g/mol. The lowest BCUT2D eigenvalue weighted by Gasteiger charge is -2.10. The number of hydrogen-bond donors (Lipinski definition) is 1. The number of rotatable bonds is 5. The molecule has 0 saturated heterocycles. The van der Waals surface area contributed by atoms with Crippen LogP contribution in [0, 0.1) is 6.92 Å². The zero-order chi connectivity index (χ0) is 17.3. The summed E-state index contributed by atoms with van der Waals surface area (Å²) in [5.41, 5.74) is 1.04. The first-order valence-electron chi connectivity index (χ1n) is 7.13. The number of nitrogens with zero attached hydrogens (tertiary/aromatic N) is 5. The summed E-state index contributed by atoms with van der Waals surface area (Å²) >= 11 is 6.02. The van der Waals surface area contributed by atoms with Crippen molar-refractivity contribution in [2.24, 2.45) is 0 Å². The quantitative estimate of drug-likeness (QED) is 0.747. The lowest BCUT2D eigenvalue weighted by molar-refractivity contribution is 0.601. The maximum atomic E-state index is 12.7. The van der Waals surface area contributed by atoms with Crippen LogP contribution in [0.3, 0.4) is 0 Å². The molecule has 0 saturated carbocycles. The number of benzene rings is 1. The predicted molar refractivity (Wildman–Crippen MR) is 89.8 cm³/mol. The average Bonchev–Trinajstić information content (AvgIpc) is 3.17. The highest BCUT2D eigenvalue weighted by Crippen LogP contribution is 2.28. The van der Waals surface area contributed by atoms with Crippen LogP contribution >= 0.6 is 11.6 Å². The fourth-order valence-corrected chi connectivity index (χ4v) is 3.94. The van der Waals surface area contributed by atoms with Gasteiger partial charge in [-0.1, -0.05) is 23.7 Å². The van der Waals surface area contributed by atoms with Gasteiger partial charge in [0.25, 0.3) is 10.0 Å². The summed E-state index contributed by atoms with van der Waals surface area (Å²) < 4.78 is 31.3. The van der Waals surface area contributed by atoms with Crippen LogP contribution in [-0.2, 0) is 16.6 Å². The molecule has 1 aromatic carbocycles. The van der Waals surface area contributed by atoms with Crippen LogP contribution in [0.4, 0.5) is 5.69 Å². The highest BCUT2D eigenvalue weighted by molar-refractivity contribution is 7.92. The van der Waals surface area contributed by atoms with Crippen LogP contribution in [0.2, 0.25) is 5.02 Å². The van der Waals surface area contributed by atoms with Crippen molar-refractivity contribution in [3.8, 4) is 5.82 Å². The summed E-state index contributed by atoms with van der Waals surface area (Å²) in [6.07, 6.45) is 2.91. The van der Waals surface area contributed by atoms with Crippen molar-refractivity contribution in [3.05, 3.63) is 47.6 Å². The molecule has 0 spiro atoms. The Hall–Kier alpha value is -2.39. The standard InChI is InChI=1S/C14H15ClN6O2S/c1-3-21-10(2)13(14(18-21)20-8-16-17-9-20)19-24(22,23)12-7-5-4-6-11(12)15/h4-9,19H,3H2,1-2H3. The zero-order valence-corrected chi connectivity index (χ0v) is 14.6. The van der Waals surface area contributed by atoms with Crippen molar-refractivity contribution in [2.75, 3.05) is 4.72 Å². The van der Waals surface area contributed by atoms with Gasteiger partial charge in [-0.15, -0.1) is 10.2 Å². The Bertz CT molecular complexity index is 965. The largest absolute Gasteiger partial charge is 0.274 e. The van der Waals surface area contributed by atoms with Gasteiger partial charge in [-0.2, -0.15) is 5.10 Å². The third-order valence-corrected chi connectivity index (χ3v) is 5.36. The Balaban J connectivity index is 2.10. The molecule has 10 heteroatoms. The summed E-state index contributed by atoms with van der Waals surface area (Å²) in [7, 11) is -3.86. The summed E-state index contributed by atoms with van der Waals surface area (Å²) in [6.45, 7) is 4.30. The number of aryl methyl sites for hydroxylation is 1. The first-order valence-corrected chi connectivity index (χ1v) is 9.00. The fraction of sp³-hybridized carbons (Fsp3) is 0.214. The minimum atomic E-state index is -3.86. The number of halogens is 1. The molecule has 24 heavy (non-hydrogen) atoms. The molecule has 126 valence electrons. The highest BCUT2D eigenvalue weighted by atomic mass is 35.5. The summed E-state index contributed by atoms with van der Waals surface area (Å²) in [5.74, 6) is 0.398. The lowest BCUT2D eigenvalue weighted by atomic mass is 10.4. The van der Waals surface area contributed by atoms with E-state index in [-0.39, 0.29) is 9.92 Å². The van der Waals surface area contributed by atoms with E-state index in [0.29, 0.717) is 23.7 Å². The van der Waals surface area contributed by atoms with E-state index in [1.54, 1.807) is 28.3 Å². The van der Waals surface area contributed by atoms with E-state index in [2.05, 4.69) is 20.0 Å². The molecule has 0 unspecified atom stereocenters. The van der Waals surface area contributed by atoms with Gasteiger partial charge in [0.1, 0.15) is 23.2 Å². The molecule has 8 nitrogen and oxygen atoms in total. The molecule has 0 aliphatic carbocycles. The van der Waals surface area contributed by atoms with Gasteiger partial charge in [0, 0.05) is 6.54 Å². The third kappa shape index (κ3) is 2.87. The second-order valence-electron chi connectivity index (χ2n) is 5.00. The van der Waals surface area contributed by atoms with Gasteiger partial charge >= 0.3 is 0 Å². The molecule has 0 radical (unpaired) electrons. The highest BCUT2D eigenvalue weighted by Gasteiger charge is 2.24. The van der Waals surface area contributed by atoms with Gasteiger partial charge in [-0.3, -0.25) is 14.0 Å². The van der Waals surface area contributed by atoms with Crippen molar-refractivity contribution in [1.82, 2.24) is 24.5 Å². The molecule has 1 N–H and O–H groups in total. The molecule has 0 bridgehead atoms. The Morgan fingerprint density at radius 3 is 2.50 bits per heavy atom. The van der Waals surface area contributed by atoms with E-state index in [1.165, 1.54) is 24.8 Å². The predicted octanol–water partition coefficient (Wildman–Crippen LogP) is 2.25. The summed E-state index contributed by atoms with van der Waals surface area (Å²) in [4.78, 5) is 0.00465. The van der Waals surface area contributed by atoms with Crippen LogP contribution in [0.5, 0.6) is 0 Å². The van der Waals surface area contributed by atoms with Gasteiger partial charge < -0.3 is 0 Å². The third-order valence-electron chi connectivity index (χ3n) is 3.51. The monoisotopic (exact) mass is 366 g/mol.